The number of ether oxygens (including phenoxy) is 2. The Morgan fingerprint density at radius 2 is 1.76 bits per heavy atom. The normalized spacial score (nSPS) is 55.4. The summed E-state index contributed by atoms with van der Waals surface area (Å²) < 4.78 is 37.9. The minimum atomic E-state index is -1.52. The highest BCUT2D eigenvalue weighted by molar-refractivity contribution is 5.29. The Morgan fingerprint density at radius 3 is 2.45 bits per heavy atom. The fourth-order valence-electron chi connectivity index (χ4n) is 11.0. The van der Waals surface area contributed by atoms with Crippen LogP contribution in [0.2, 0.25) is 0 Å². The lowest BCUT2D eigenvalue weighted by atomic mass is 9.44. The fraction of sp³-hybridized carbons (Fsp3) is 1.00. The summed E-state index contributed by atoms with van der Waals surface area (Å²) in [4.78, 5) is 0. The molecule has 3 heteroatoms. The molecule has 0 amide bonds. The number of hydrogen-bond donors (Lipinski definition) is 1. The Hall–Kier alpha value is -0.120. The maximum atomic E-state index is 11.5. The van der Waals surface area contributed by atoms with Gasteiger partial charge in [0.25, 0.3) is 0 Å². The molecule has 0 bridgehead atoms. The van der Waals surface area contributed by atoms with E-state index >= 15 is 0 Å². The maximum Gasteiger partial charge on any atom is 0.175 e. The van der Waals surface area contributed by atoms with Crippen LogP contribution in [0.4, 0.5) is 0 Å². The van der Waals surface area contributed by atoms with Crippen molar-refractivity contribution in [3.05, 3.63) is 0 Å². The van der Waals surface area contributed by atoms with E-state index in [9.17, 15) is 5.11 Å². The molecule has 0 radical (unpaired) electrons. The van der Waals surface area contributed by atoms with Gasteiger partial charge in [0.05, 0.1) is 20.7 Å². The Kier molecular flexibility index (Phi) is 4.51. The standard InChI is InChI=1S/C30H50O3/c1-18(2)19(3)15-26(31)20(4)23-7-8-24-22-17-30(32-13-14-33-30)29-16-21(29)9-12-28(29,6)25(22)10-11-27(23,24)5/h18-26,31H,7-17H2,1-6H3/t19-,20+,21-,22+,23-,24+,25+,26?,27-,28-,29-/m1/s1/i1D2,26D/t18?,19-,20+,21-,22+,23-,24+,25+,26?,27-,28-,29-. The number of fused-ring (bicyclic) bond motifs is 4. The zero-order valence-corrected chi connectivity index (χ0v) is 21.7. The van der Waals surface area contributed by atoms with Crippen molar-refractivity contribution < 1.29 is 18.7 Å². The molecule has 12 atom stereocenters. The SMILES string of the molecule is [2H]C([2H])C(C)[C@H](C)CC([2H])(O)[C@@H](C)[C@H]1CC[C@H]2[C@@H]3CC4(OCCO4)[C@]45C[C@H]4CC[C@]5(C)[C@H]3CC[C@]12C. The van der Waals surface area contributed by atoms with Gasteiger partial charge in [-0.3, -0.25) is 0 Å². The van der Waals surface area contributed by atoms with Gasteiger partial charge in [0.1, 0.15) is 0 Å². The third-order valence-corrected chi connectivity index (χ3v) is 13.0. The summed E-state index contributed by atoms with van der Waals surface area (Å²) in [5.41, 5.74) is 0.708. The summed E-state index contributed by atoms with van der Waals surface area (Å²) >= 11 is 0. The summed E-state index contributed by atoms with van der Waals surface area (Å²) in [6, 6.07) is 0. The summed E-state index contributed by atoms with van der Waals surface area (Å²) in [5, 5.41) is 11.5. The smallest absolute Gasteiger partial charge is 0.175 e. The van der Waals surface area contributed by atoms with E-state index in [1.165, 1.54) is 38.5 Å². The van der Waals surface area contributed by atoms with E-state index in [4.69, 9.17) is 13.6 Å². The number of rotatable bonds is 5. The Balaban J connectivity index is 1.26. The first kappa shape index (κ1) is 20.0. The van der Waals surface area contributed by atoms with Gasteiger partial charge in [-0.25, -0.2) is 0 Å². The van der Waals surface area contributed by atoms with E-state index in [2.05, 4.69) is 20.8 Å². The number of hydrogen-bond acceptors (Lipinski definition) is 3. The molecule has 3 nitrogen and oxygen atoms in total. The molecule has 5 saturated carbocycles. The van der Waals surface area contributed by atoms with Crippen LogP contribution in [0.1, 0.15) is 103 Å². The van der Waals surface area contributed by atoms with E-state index in [0.717, 1.165) is 37.9 Å². The van der Waals surface area contributed by atoms with Gasteiger partial charge in [-0.1, -0.05) is 41.5 Å². The molecular weight excluding hydrogens is 408 g/mol. The van der Waals surface area contributed by atoms with Crippen molar-refractivity contribution in [1.82, 2.24) is 0 Å². The largest absolute Gasteiger partial charge is 0.393 e. The third kappa shape index (κ3) is 2.85. The van der Waals surface area contributed by atoms with Crippen molar-refractivity contribution in [2.45, 2.75) is 111 Å². The van der Waals surface area contributed by atoms with E-state index < -0.39 is 13.0 Å². The zero-order valence-electron chi connectivity index (χ0n) is 24.7. The van der Waals surface area contributed by atoms with E-state index in [1.54, 1.807) is 0 Å². The molecule has 5 aliphatic carbocycles. The van der Waals surface area contributed by atoms with E-state index in [1.807, 2.05) is 13.8 Å². The monoisotopic (exact) mass is 461 g/mol. The first-order chi connectivity index (χ1) is 16.8. The molecule has 1 N–H and O–H groups in total. The quantitative estimate of drug-likeness (QED) is 0.496. The molecule has 6 fully saturated rings. The molecule has 1 heterocycles. The second kappa shape index (κ2) is 7.45. The lowest BCUT2D eigenvalue weighted by Gasteiger charge is -2.63. The molecule has 33 heavy (non-hydrogen) atoms. The molecule has 1 saturated heterocycles. The van der Waals surface area contributed by atoms with Gasteiger partial charge in [0.15, 0.2) is 5.79 Å². The molecule has 2 spiro atoms. The minimum Gasteiger partial charge on any atom is -0.393 e. The van der Waals surface area contributed by atoms with Crippen LogP contribution < -0.4 is 0 Å². The lowest BCUT2D eigenvalue weighted by molar-refractivity contribution is -0.294. The molecule has 0 aromatic heterocycles. The summed E-state index contributed by atoms with van der Waals surface area (Å²) in [6.45, 7) is 11.7. The maximum absolute atomic E-state index is 11.5. The molecule has 0 aromatic rings. The predicted octanol–water partition coefficient (Wildman–Crippen LogP) is 6.68. The molecule has 0 aromatic carbocycles. The van der Waals surface area contributed by atoms with Gasteiger partial charge in [0.2, 0.25) is 0 Å². The first-order valence-corrected chi connectivity index (χ1v) is 14.2. The highest BCUT2D eigenvalue weighted by Crippen LogP contribution is 2.85. The first-order valence-electron chi connectivity index (χ1n) is 15.8. The Labute approximate surface area is 207 Å². The van der Waals surface area contributed by atoms with Crippen LogP contribution in [0.3, 0.4) is 0 Å². The lowest BCUT2D eigenvalue weighted by Crippen LogP contribution is -2.62. The van der Waals surface area contributed by atoms with E-state index in [-0.39, 0.29) is 34.4 Å². The Bertz CT molecular complexity index is 874. The average molecular weight is 462 g/mol. The van der Waals surface area contributed by atoms with Crippen LogP contribution >= 0.6 is 0 Å². The predicted molar refractivity (Wildman–Crippen MR) is 131 cm³/mol. The molecule has 1 aliphatic heterocycles. The van der Waals surface area contributed by atoms with Gasteiger partial charge >= 0.3 is 0 Å². The second-order valence-electron chi connectivity index (χ2n) is 13.9. The van der Waals surface area contributed by atoms with Crippen LogP contribution in [-0.4, -0.2) is 30.2 Å². The topological polar surface area (TPSA) is 38.7 Å². The minimum absolute atomic E-state index is 0.0180. The van der Waals surface area contributed by atoms with Gasteiger partial charge in [0, 0.05) is 14.6 Å². The zero-order chi connectivity index (χ0) is 25.9. The van der Waals surface area contributed by atoms with Gasteiger partial charge in [-0.05, 0) is 110 Å². The Morgan fingerprint density at radius 1 is 1.00 bits per heavy atom. The average Bonchev–Trinajstić information content (AvgIpc) is 3.06. The summed E-state index contributed by atoms with van der Waals surface area (Å²) in [6.07, 6.45) is 8.62. The fourth-order valence-corrected chi connectivity index (χ4v) is 11.0. The molecular formula is C30H50O3. The number of aliphatic hydroxyl groups is 1. The van der Waals surface area contributed by atoms with Crippen LogP contribution in [-0.2, 0) is 9.47 Å². The summed E-state index contributed by atoms with van der Waals surface area (Å²) in [5.74, 6) is 2.44. The van der Waals surface area contributed by atoms with Gasteiger partial charge < -0.3 is 14.6 Å². The third-order valence-electron chi connectivity index (χ3n) is 13.0. The van der Waals surface area contributed by atoms with Crippen molar-refractivity contribution in [2.24, 2.45) is 63.6 Å². The van der Waals surface area contributed by atoms with Crippen molar-refractivity contribution in [3.8, 4) is 0 Å². The second-order valence-corrected chi connectivity index (χ2v) is 13.9. The van der Waals surface area contributed by atoms with Crippen LogP contribution in [0.15, 0.2) is 0 Å². The molecule has 188 valence electrons. The van der Waals surface area contributed by atoms with Crippen molar-refractivity contribution in [3.63, 3.8) is 0 Å². The van der Waals surface area contributed by atoms with Crippen molar-refractivity contribution in [2.75, 3.05) is 13.2 Å². The summed E-state index contributed by atoms with van der Waals surface area (Å²) in [7, 11) is 0. The highest BCUT2D eigenvalue weighted by atomic mass is 16.7. The van der Waals surface area contributed by atoms with Crippen molar-refractivity contribution in [1.29, 1.82) is 0 Å². The molecule has 6 rings (SSSR count). The van der Waals surface area contributed by atoms with Gasteiger partial charge in [-0.15, -0.1) is 0 Å². The molecule has 2 unspecified atom stereocenters. The highest BCUT2D eigenvalue weighted by Gasteiger charge is 2.83. The van der Waals surface area contributed by atoms with Crippen LogP contribution in [0.5, 0.6) is 0 Å². The van der Waals surface area contributed by atoms with Gasteiger partial charge in [-0.2, -0.15) is 0 Å². The van der Waals surface area contributed by atoms with Crippen molar-refractivity contribution >= 4 is 0 Å². The van der Waals surface area contributed by atoms with Crippen LogP contribution in [0.25, 0.3) is 0 Å². The molecule has 6 aliphatic rings. The van der Waals surface area contributed by atoms with Crippen LogP contribution in [0, 0.1) is 63.6 Å². The van der Waals surface area contributed by atoms with E-state index in [0.29, 0.717) is 29.6 Å².